The predicted molar refractivity (Wildman–Crippen MR) is 104 cm³/mol. The number of methoxy groups -OCH3 is 2. The molecule has 2 aromatic carbocycles. The molecule has 0 atom stereocenters. The van der Waals surface area contributed by atoms with Crippen LogP contribution >= 0.6 is 0 Å². The quantitative estimate of drug-likeness (QED) is 0.770. The van der Waals surface area contributed by atoms with Crippen LogP contribution in [0.15, 0.2) is 53.6 Å². The van der Waals surface area contributed by atoms with Gasteiger partial charge in [0.25, 0.3) is 0 Å². The number of likely N-dealkylation sites (tertiary alicyclic amines) is 1. The number of hydrogen-bond acceptors (Lipinski definition) is 4. The van der Waals surface area contributed by atoms with Gasteiger partial charge in [-0.1, -0.05) is 12.1 Å². The van der Waals surface area contributed by atoms with Crippen molar-refractivity contribution in [1.82, 2.24) is 4.90 Å². The molecule has 0 N–H and O–H groups in total. The third-order valence-electron chi connectivity index (χ3n) is 4.39. The van der Waals surface area contributed by atoms with Crippen molar-refractivity contribution in [2.45, 2.75) is 0 Å². The van der Waals surface area contributed by atoms with Gasteiger partial charge in [0.2, 0.25) is 0 Å². The summed E-state index contributed by atoms with van der Waals surface area (Å²) in [5.41, 5.74) is 3.01. The first-order valence-electron chi connectivity index (χ1n) is 8.61. The molecule has 1 heterocycles. The first-order chi connectivity index (χ1) is 13.0. The second-order valence-corrected chi connectivity index (χ2v) is 6.54. The number of carbonyl (C=O) groups is 1. The lowest BCUT2D eigenvalue weighted by Crippen LogP contribution is -2.34. The number of rotatable bonds is 4. The fraction of sp³-hybridized carbons (Fsp3) is 0.227. The summed E-state index contributed by atoms with van der Waals surface area (Å²) in [5, 5.41) is 0. The number of Topliss-reactive ketones (excluding diaryl/α,β-unsaturated/α-hetero) is 1. The molecule has 0 saturated carbocycles. The lowest BCUT2D eigenvalue weighted by Gasteiger charge is -2.26. The van der Waals surface area contributed by atoms with Crippen LogP contribution in [0.4, 0.5) is 4.39 Å². The van der Waals surface area contributed by atoms with Gasteiger partial charge in [-0.2, -0.15) is 0 Å². The topological polar surface area (TPSA) is 38.8 Å². The lowest BCUT2D eigenvalue weighted by atomic mass is 9.94. The van der Waals surface area contributed by atoms with Gasteiger partial charge in [-0.15, -0.1) is 0 Å². The Morgan fingerprint density at radius 3 is 1.93 bits per heavy atom. The molecule has 1 fully saturated rings. The Kier molecular flexibility index (Phi) is 5.72. The van der Waals surface area contributed by atoms with Crippen molar-refractivity contribution in [3.8, 4) is 11.5 Å². The Bertz CT molecular complexity index is 878. The second-order valence-electron chi connectivity index (χ2n) is 6.54. The molecule has 0 unspecified atom stereocenters. The van der Waals surface area contributed by atoms with E-state index in [4.69, 9.17) is 9.47 Å². The number of nitrogens with zero attached hydrogens (tertiary/aromatic N) is 1. The molecule has 0 aliphatic carbocycles. The van der Waals surface area contributed by atoms with E-state index in [2.05, 4.69) is 4.90 Å². The summed E-state index contributed by atoms with van der Waals surface area (Å²) < 4.78 is 23.7. The van der Waals surface area contributed by atoms with Crippen LogP contribution in [0, 0.1) is 5.82 Å². The SMILES string of the molecule is COc1cc(/C=C2\CN(C)C/C(=C\c3ccc(F)cc3)C2=O)cc(OC)c1. The minimum absolute atomic E-state index is 0.000730. The fourth-order valence-corrected chi connectivity index (χ4v) is 3.08. The van der Waals surface area contributed by atoms with Crippen LogP contribution in [0.2, 0.25) is 0 Å². The smallest absolute Gasteiger partial charge is 0.187 e. The Hall–Kier alpha value is -2.92. The molecule has 2 aromatic rings. The van der Waals surface area contributed by atoms with Crippen LogP contribution in [-0.2, 0) is 4.79 Å². The minimum Gasteiger partial charge on any atom is -0.497 e. The van der Waals surface area contributed by atoms with Crippen molar-refractivity contribution in [2.75, 3.05) is 34.4 Å². The van der Waals surface area contributed by atoms with E-state index in [1.165, 1.54) is 12.1 Å². The highest BCUT2D eigenvalue weighted by Gasteiger charge is 2.24. The van der Waals surface area contributed by atoms with Gasteiger partial charge >= 0.3 is 0 Å². The van der Waals surface area contributed by atoms with E-state index >= 15 is 0 Å². The van der Waals surface area contributed by atoms with E-state index < -0.39 is 0 Å². The van der Waals surface area contributed by atoms with Gasteiger partial charge in [-0.25, -0.2) is 4.39 Å². The molecule has 140 valence electrons. The molecule has 1 aliphatic rings. The monoisotopic (exact) mass is 367 g/mol. The van der Waals surface area contributed by atoms with E-state index in [-0.39, 0.29) is 11.6 Å². The number of halogens is 1. The predicted octanol–water partition coefficient (Wildman–Crippen LogP) is 3.82. The van der Waals surface area contributed by atoms with Crippen molar-refractivity contribution in [1.29, 1.82) is 0 Å². The van der Waals surface area contributed by atoms with E-state index in [0.29, 0.717) is 35.7 Å². The molecular weight excluding hydrogens is 345 g/mol. The first kappa shape index (κ1) is 18.9. The van der Waals surface area contributed by atoms with Gasteiger partial charge < -0.3 is 9.47 Å². The molecule has 1 aliphatic heterocycles. The molecule has 1 saturated heterocycles. The largest absolute Gasteiger partial charge is 0.497 e. The van der Waals surface area contributed by atoms with Crippen molar-refractivity contribution < 1.29 is 18.7 Å². The van der Waals surface area contributed by atoms with Gasteiger partial charge in [-0.3, -0.25) is 9.69 Å². The summed E-state index contributed by atoms with van der Waals surface area (Å²) in [6, 6.07) is 11.6. The number of benzene rings is 2. The molecule has 4 nitrogen and oxygen atoms in total. The van der Waals surface area contributed by atoms with E-state index in [0.717, 1.165) is 11.1 Å². The minimum atomic E-state index is -0.295. The molecule has 0 bridgehead atoms. The maximum atomic E-state index is 13.1. The average molecular weight is 367 g/mol. The Balaban J connectivity index is 1.94. The number of ether oxygens (including phenoxy) is 2. The van der Waals surface area contributed by atoms with Crippen LogP contribution in [0.1, 0.15) is 11.1 Å². The first-order valence-corrected chi connectivity index (χ1v) is 8.61. The molecule has 0 aromatic heterocycles. The molecule has 0 radical (unpaired) electrons. The van der Waals surface area contributed by atoms with Gasteiger partial charge in [0.1, 0.15) is 17.3 Å². The summed E-state index contributed by atoms with van der Waals surface area (Å²) in [6.07, 6.45) is 3.68. The fourth-order valence-electron chi connectivity index (χ4n) is 3.08. The number of hydrogen-bond donors (Lipinski definition) is 0. The Morgan fingerprint density at radius 2 is 1.41 bits per heavy atom. The van der Waals surface area contributed by atoms with Crippen molar-refractivity contribution in [3.05, 3.63) is 70.6 Å². The van der Waals surface area contributed by atoms with E-state index in [9.17, 15) is 9.18 Å². The van der Waals surface area contributed by atoms with Crippen molar-refractivity contribution >= 4 is 17.9 Å². The number of likely N-dealkylation sites (N-methyl/N-ethyl adjacent to an activating group) is 1. The second kappa shape index (κ2) is 8.18. The van der Waals surface area contributed by atoms with E-state index in [1.54, 1.807) is 32.4 Å². The normalized spacial score (nSPS) is 18.1. The highest BCUT2D eigenvalue weighted by molar-refractivity contribution is 6.14. The highest BCUT2D eigenvalue weighted by atomic mass is 19.1. The Labute approximate surface area is 158 Å². The highest BCUT2D eigenvalue weighted by Crippen LogP contribution is 2.26. The Morgan fingerprint density at radius 1 is 0.889 bits per heavy atom. The van der Waals surface area contributed by atoms with Crippen molar-refractivity contribution in [3.63, 3.8) is 0 Å². The molecule has 0 amide bonds. The third kappa shape index (κ3) is 4.63. The van der Waals surface area contributed by atoms with Gasteiger partial charge in [0.05, 0.1) is 14.2 Å². The van der Waals surface area contributed by atoms with Crippen LogP contribution in [0.25, 0.3) is 12.2 Å². The summed E-state index contributed by atoms with van der Waals surface area (Å²) >= 11 is 0. The van der Waals surface area contributed by atoms with E-state index in [1.807, 2.05) is 31.3 Å². The molecule has 3 rings (SSSR count). The summed E-state index contributed by atoms with van der Waals surface area (Å²) in [4.78, 5) is 15.0. The summed E-state index contributed by atoms with van der Waals surface area (Å²) in [7, 11) is 5.15. The van der Waals surface area contributed by atoms with Crippen LogP contribution in [0.5, 0.6) is 11.5 Å². The van der Waals surface area contributed by atoms with Crippen LogP contribution < -0.4 is 9.47 Å². The standard InChI is InChI=1S/C22H22FNO3/c1-24-13-17(8-15-4-6-19(23)7-5-15)22(25)18(14-24)9-16-10-20(26-2)12-21(11-16)27-3/h4-12H,13-14H2,1-3H3/b17-8+,18-9+. The molecule has 5 heteroatoms. The average Bonchev–Trinajstić information content (AvgIpc) is 2.66. The van der Waals surface area contributed by atoms with Gasteiger partial charge in [0.15, 0.2) is 5.78 Å². The number of ketones is 1. The maximum Gasteiger partial charge on any atom is 0.187 e. The summed E-state index contributed by atoms with van der Waals surface area (Å²) in [6.45, 7) is 1.11. The molecule has 0 spiro atoms. The zero-order valence-corrected chi connectivity index (χ0v) is 15.7. The molecule has 27 heavy (non-hydrogen) atoms. The third-order valence-corrected chi connectivity index (χ3v) is 4.39. The zero-order chi connectivity index (χ0) is 19.4. The van der Waals surface area contributed by atoms with Gasteiger partial charge in [-0.05, 0) is 54.6 Å². The van der Waals surface area contributed by atoms with Gasteiger partial charge in [0, 0.05) is 30.3 Å². The van der Waals surface area contributed by atoms with Crippen LogP contribution in [0.3, 0.4) is 0 Å². The maximum absolute atomic E-state index is 13.1. The summed E-state index contributed by atoms with van der Waals surface area (Å²) in [5.74, 6) is 1.04. The number of carbonyl (C=O) groups excluding carboxylic acids is 1. The lowest BCUT2D eigenvalue weighted by molar-refractivity contribution is -0.113. The van der Waals surface area contributed by atoms with Crippen LogP contribution in [-0.4, -0.2) is 45.0 Å². The van der Waals surface area contributed by atoms with Crippen molar-refractivity contribution in [2.24, 2.45) is 0 Å². The zero-order valence-electron chi connectivity index (χ0n) is 15.7. The molecular formula is C22H22FNO3. The number of piperidine rings is 1.